The minimum atomic E-state index is -1.52. The number of aldehydes is 1. The number of thioether (sulfide) groups is 1. The van der Waals surface area contributed by atoms with E-state index in [1.54, 1.807) is 0 Å². The van der Waals surface area contributed by atoms with Gasteiger partial charge in [0.05, 0.1) is 0 Å². The highest BCUT2D eigenvalue weighted by molar-refractivity contribution is 8.00. The molecule has 7 nitrogen and oxygen atoms in total. The fourth-order valence-electron chi connectivity index (χ4n) is 1.94. The van der Waals surface area contributed by atoms with Gasteiger partial charge in [-0.15, -0.1) is 11.8 Å². The van der Waals surface area contributed by atoms with Crippen LogP contribution in [0.25, 0.3) is 0 Å². The third kappa shape index (κ3) is 1.59. The lowest BCUT2D eigenvalue weighted by Gasteiger charge is -2.52. The zero-order chi connectivity index (χ0) is 12.6. The summed E-state index contributed by atoms with van der Waals surface area (Å²) in [4.78, 5) is 45.1. The minimum Gasteiger partial charge on any atom is -0.480 e. The predicted molar refractivity (Wildman–Crippen MR) is 57.1 cm³/mol. The first-order valence-electron chi connectivity index (χ1n) is 4.87. The molecule has 2 rings (SSSR count). The van der Waals surface area contributed by atoms with Crippen LogP contribution >= 0.6 is 11.8 Å². The van der Waals surface area contributed by atoms with E-state index >= 15 is 0 Å². The number of fused-ring (bicyclic) bond motifs is 1. The van der Waals surface area contributed by atoms with Gasteiger partial charge in [-0.05, 0) is 0 Å². The van der Waals surface area contributed by atoms with E-state index in [4.69, 9.17) is 5.11 Å². The van der Waals surface area contributed by atoms with Crippen molar-refractivity contribution in [1.82, 2.24) is 10.2 Å². The molecule has 2 amide bonds. The number of nitrogens with one attached hydrogen (secondary N) is 1. The molecule has 0 bridgehead atoms. The van der Waals surface area contributed by atoms with Crippen LogP contribution in [-0.2, 0) is 19.2 Å². The second kappa shape index (κ2) is 4.02. The minimum absolute atomic E-state index is 0.108. The van der Waals surface area contributed by atoms with Crippen molar-refractivity contribution in [3.05, 3.63) is 0 Å². The van der Waals surface area contributed by atoms with Gasteiger partial charge in [-0.1, -0.05) is 0 Å². The smallest absolute Gasteiger partial charge is 0.319 e. The summed E-state index contributed by atoms with van der Waals surface area (Å²) in [6.07, 6.45) is 0.825. The maximum atomic E-state index is 11.6. The fraction of sp³-hybridized carbons (Fsp3) is 0.556. The topological polar surface area (TPSA) is 104 Å². The van der Waals surface area contributed by atoms with Gasteiger partial charge in [0.1, 0.15) is 23.1 Å². The predicted octanol–water partition coefficient (Wildman–Crippen LogP) is -1.71. The Bertz CT molecular complexity index is 401. The number of rotatable bonds is 4. The Kier molecular flexibility index (Phi) is 2.82. The Balaban J connectivity index is 2.13. The van der Waals surface area contributed by atoms with Crippen LogP contribution in [-0.4, -0.2) is 58.3 Å². The molecule has 17 heavy (non-hydrogen) atoms. The summed E-state index contributed by atoms with van der Waals surface area (Å²) in [5.41, 5.74) is -1.52. The number of carbonyl (C=O) groups is 4. The van der Waals surface area contributed by atoms with E-state index in [9.17, 15) is 19.2 Å². The normalized spacial score (nSPS) is 35.5. The Hall–Kier alpha value is -1.57. The standard InChI is InChI=1S/C9H10N2O5S/c12-2-9(8(15)16)1-11-6(14)5(10-4-13)7(11)17-3-9/h2,4-5,7H,1,3H2,(H,10,13)(H,15,16)/t5?,7-,9?/m1/s1. The zero-order valence-corrected chi connectivity index (χ0v) is 9.48. The number of nitrogens with zero attached hydrogens (tertiary/aromatic N) is 1. The van der Waals surface area contributed by atoms with Gasteiger partial charge < -0.3 is 20.1 Å². The summed E-state index contributed by atoms with van der Waals surface area (Å²) >= 11 is 1.20. The molecule has 0 radical (unpaired) electrons. The van der Waals surface area contributed by atoms with Gasteiger partial charge in [0, 0.05) is 12.3 Å². The highest BCUT2D eigenvalue weighted by Gasteiger charge is 2.57. The van der Waals surface area contributed by atoms with Crippen molar-refractivity contribution in [1.29, 1.82) is 0 Å². The third-order valence-electron chi connectivity index (χ3n) is 3.00. The molecule has 0 spiro atoms. The fourth-order valence-corrected chi connectivity index (χ4v) is 3.44. The van der Waals surface area contributed by atoms with Crippen LogP contribution in [0, 0.1) is 5.41 Å². The molecule has 8 heteroatoms. The van der Waals surface area contributed by atoms with Crippen molar-refractivity contribution >= 4 is 36.3 Å². The molecule has 3 atom stereocenters. The van der Waals surface area contributed by atoms with Crippen LogP contribution < -0.4 is 5.32 Å². The molecule has 92 valence electrons. The van der Waals surface area contributed by atoms with Crippen molar-refractivity contribution in [3.63, 3.8) is 0 Å². The molecule has 0 aromatic rings. The zero-order valence-electron chi connectivity index (χ0n) is 8.66. The molecular formula is C9H10N2O5S. The monoisotopic (exact) mass is 258 g/mol. The first kappa shape index (κ1) is 11.9. The summed E-state index contributed by atoms with van der Waals surface area (Å²) < 4.78 is 0. The first-order valence-corrected chi connectivity index (χ1v) is 5.92. The maximum Gasteiger partial charge on any atom is 0.319 e. The van der Waals surface area contributed by atoms with Crippen LogP contribution in [0.3, 0.4) is 0 Å². The molecule has 2 unspecified atom stereocenters. The van der Waals surface area contributed by atoms with Gasteiger partial charge in [0.15, 0.2) is 0 Å². The summed E-state index contributed by atoms with van der Waals surface area (Å²) in [6, 6.07) is -0.601. The maximum absolute atomic E-state index is 11.6. The molecule has 0 aliphatic carbocycles. The quantitative estimate of drug-likeness (QED) is 0.353. The number of carbonyl (C=O) groups excluding carboxylic acids is 3. The molecule has 2 aliphatic heterocycles. The van der Waals surface area contributed by atoms with E-state index in [2.05, 4.69) is 5.32 Å². The Labute approximate surface area is 101 Å². The molecule has 2 heterocycles. The van der Waals surface area contributed by atoms with Crippen LogP contribution in [0.4, 0.5) is 0 Å². The second-order valence-electron chi connectivity index (χ2n) is 4.01. The van der Waals surface area contributed by atoms with Gasteiger partial charge >= 0.3 is 5.97 Å². The first-order chi connectivity index (χ1) is 8.05. The molecule has 2 saturated heterocycles. The average molecular weight is 258 g/mol. The van der Waals surface area contributed by atoms with Crippen molar-refractivity contribution in [2.75, 3.05) is 12.3 Å². The number of amides is 2. The van der Waals surface area contributed by atoms with E-state index in [1.807, 2.05) is 0 Å². The van der Waals surface area contributed by atoms with E-state index in [0.717, 1.165) is 0 Å². The number of carboxylic acid groups (broad SMARTS) is 1. The van der Waals surface area contributed by atoms with Gasteiger partial charge in [-0.2, -0.15) is 0 Å². The van der Waals surface area contributed by atoms with Crippen molar-refractivity contribution in [2.24, 2.45) is 5.41 Å². The highest BCUT2D eigenvalue weighted by Crippen LogP contribution is 2.41. The van der Waals surface area contributed by atoms with Crippen LogP contribution in [0.15, 0.2) is 0 Å². The number of hydrogen-bond donors (Lipinski definition) is 2. The molecule has 2 N–H and O–H groups in total. The number of β-lactam (4-membered cyclic amide) rings is 1. The van der Waals surface area contributed by atoms with Gasteiger partial charge in [0.25, 0.3) is 0 Å². The second-order valence-corrected chi connectivity index (χ2v) is 5.11. The highest BCUT2D eigenvalue weighted by atomic mass is 32.2. The number of aliphatic carboxylic acids is 1. The Morgan fingerprint density at radius 2 is 2.29 bits per heavy atom. The lowest BCUT2D eigenvalue weighted by Crippen LogP contribution is -2.73. The van der Waals surface area contributed by atoms with E-state index < -0.39 is 17.4 Å². The van der Waals surface area contributed by atoms with Crippen LogP contribution in [0.1, 0.15) is 0 Å². The molecule has 0 aromatic carbocycles. The van der Waals surface area contributed by atoms with E-state index in [1.165, 1.54) is 16.7 Å². The molecule has 0 saturated carbocycles. The van der Waals surface area contributed by atoms with Crippen molar-refractivity contribution < 1.29 is 24.3 Å². The Morgan fingerprint density at radius 3 is 2.82 bits per heavy atom. The molecule has 2 fully saturated rings. The van der Waals surface area contributed by atoms with Crippen LogP contribution in [0.5, 0.6) is 0 Å². The van der Waals surface area contributed by atoms with E-state index in [0.29, 0.717) is 12.7 Å². The van der Waals surface area contributed by atoms with Crippen molar-refractivity contribution in [2.45, 2.75) is 11.4 Å². The third-order valence-corrected chi connectivity index (χ3v) is 4.55. The number of carboxylic acids is 1. The molecular weight excluding hydrogens is 248 g/mol. The Morgan fingerprint density at radius 1 is 1.59 bits per heavy atom. The van der Waals surface area contributed by atoms with Crippen LogP contribution in [0.2, 0.25) is 0 Å². The van der Waals surface area contributed by atoms with Crippen molar-refractivity contribution in [3.8, 4) is 0 Å². The molecule has 0 aromatic heterocycles. The van der Waals surface area contributed by atoms with Gasteiger partial charge in [-0.3, -0.25) is 14.4 Å². The number of hydrogen-bond acceptors (Lipinski definition) is 5. The summed E-state index contributed by atoms with van der Waals surface area (Å²) in [5.74, 6) is -1.46. The summed E-state index contributed by atoms with van der Waals surface area (Å²) in [5, 5.41) is 11.1. The summed E-state index contributed by atoms with van der Waals surface area (Å²) in [6.45, 7) is -0.126. The summed E-state index contributed by atoms with van der Waals surface area (Å²) in [7, 11) is 0. The lowest BCUT2D eigenvalue weighted by atomic mass is 9.89. The van der Waals surface area contributed by atoms with Gasteiger partial charge in [0.2, 0.25) is 12.3 Å². The average Bonchev–Trinajstić information content (AvgIpc) is 2.34. The SMILES string of the molecule is O=CNC1C(=O)N2CC(C=O)(C(=O)O)CS[C@H]12. The van der Waals surface area contributed by atoms with E-state index in [-0.39, 0.29) is 23.6 Å². The van der Waals surface area contributed by atoms with Gasteiger partial charge in [-0.25, -0.2) is 0 Å². The lowest BCUT2D eigenvalue weighted by molar-refractivity contribution is -0.159. The molecule has 2 aliphatic rings. The largest absolute Gasteiger partial charge is 0.480 e.